The van der Waals surface area contributed by atoms with Crippen molar-refractivity contribution in [1.82, 2.24) is 0 Å². The lowest BCUT2D eigenvalue weighted by molar-refractivity contribution is 0.00776. The normalized spacial score (nSPS) is 14.2. The lowest BCUT2D eigenvalue weighted by Crippen LogP contribution is -2.21. The van der Waals surface area contributed by atoms with Crippen LogP contribution in [0.4, 0.5) is 4.39 Å². The molecule has 1 aromatic rings. The van der Waals surface area contributed by atoms with E-state index < -0.39 is 0 Å². The molecule has 0 bridgehead atoms. The third kappa shape index (κ3) is 4.72. The van der Waals surface area contributed by atoms with Crippen molar-refractivity contribution < 1.29 is 9.13 Å². The summed E-state index contributed by atoms with van der Waals surface area (Å²) in [6.07, 6.45) is 3.94. The van der Waals surface area contributed by atoms with E-state index in [1.54, 1.807) is 18.2 Å². The van der Waals surface area contributed by atoms with Gasteiger partial charge in [-0.3, -0.25) is 0 Å². The molecule has 4 heteroatoms. The summed E-state index contributed by atoms with van der Waals surface area (Å²) in [5.41, 5.74) is 6.07. The maximum atomic E-state index is 14.3. The summed E-state index contributed by atoms with van der Waals surface area (Å²) in [5.74, 6) is -0.0828. The SMILES string of the molecule is CCCC[C@H](CC)[C@H](OCCN)c1cccc(Cl)c1F. The highest BCUT2D eigenvalue weighted by molar-refractivity contribution is 6.30. The van der Waals surface area contributed by atoms with Gasteiger partial charge in [-0.25, -0.2) is 4.39 Å². The Morgan fingerprint density at radius 2 is 2.10 bits per heavy atom. The first-order chi connectivity index (χ1) is 9.65. The van der Waals surface area contributed by atoms with E-state index in [0.29, 0.717) is 18.7 Å². The summed E-state index contributed by atoms with van der Waals surface area (Å²) < 4.78 is 20.1. The van der Waals surface area contributed by atoms with Gasteiger partial charge < -0.3 is 10.5 Å². The number of hydrogen-bond acceptors (Lipinski definition) is 2. The van der Waals surface area contributed by atoms with Gasteiger partial charge in [0, 0.05) is 12.1 Å². The fraction of sp³-hybridized carbons (Fsp3) is 0.625. The largest absolute Gasteiger partial charge is 0.372 e. The third-order valence-electron chi connectivity index (χ3n) is 3.58. The fourth-order valence-electron chi connectivity index (χ4n) is 2.45. The first-order valence-electron chi connectivity index (χ1n) is 7.41. The van der Waals surface area contributed by atoms with Crippen molar-refractivity contribution in [2.75, 3.05) is 13.2 Å². The van der Waals surface area contributed by atoms with Gasteiger partial charge in [-0.1, -0.05) is 56.8 Å². The maximum Gasteiger partial charge on any atom is 0.147 e. The summed E-state index contributed by atoms with van der Waals surface area (Å²) in [7, 11) is 0. The predicted molar refractivity (Wildman–Crippen MR) is 82.5 cm³/mol. The molecule has 0 amide bonds. The average molecular weight is 302 g/mol. The summed E-state index contributed by atoms with van der Waals surface area (Å²) in [6, 6.07) is 5.09. The zero-order valence-electron chi connectivity index (χ0n) is 12.4. The van der Waals surface area contributed by atoms with Crippen LogP contribution in [0.25, 0.3) is 0 Å². The molecule has 0 saturated heterocycles. The van der Waals surface area contributed by atoms with Gasteiger partial charge in [0.1, 0.15) is 5.82 Å². The highest BCUT2D eigenvalue weighted by Crippen LogP contribution is 2.35. The molecule has 2 N–H and O–H groups in total. The number of ether oxygens (including phenoxy) is 1. The van der Waals surface area contributed by atoms with E-state index >= 15 is 0 Å². The molecule has 0 radical (unpaired) electrons. The predicted octanol–water partition coefficient (Wildman–Crippen LogP) is 4.71. The zero-order chi connectivity index (χ0) is 15.0. The molecule has 0 heterocycles. The van der Waals surface area contributed by atoms with Crippen molar-refractivity contribution >= 4 is 11.6 Å². The van der Waals surface area contributed by atoms with Crippen LogP contribution in [-0.4, -0.2) is 13.2 Å². The molecular formula is C16H25ClFNO. The van der Waals surface area contributed by atoms with Crippen molar-refractivity contribution in [1.29, 1.82) is 0 Å². The van der Waals surface area contributed by atoms with Crippen molar-refractivity contribution in [3.8, 4) is 0 Å². The molecule has 0 spiro atoms. The van der Waals surface area contributed by atoms with Crippen LogP contribution in [-0.2, 0) is 4.74 Å². The molecule has 0 saturated carbocycles. The van der Waals surface area contributed by atoms with E-state index in [1.165, 1.54) is 0 Å². The van der Waals surface area contributed by atoms with Crippen molar-refractivity contribution in [2.45, 2.75) is 45.6 Å². The van der Waals surface area contributed by atoms with Crippen LogP contribution in [0.3, 0.4) is 0 Å². The van der Waals surface area contributed by atoms with Crippen LogP contribution >= 0.6 is 11.6 Å². The Morgan fingerprint density at radius 3 is 2.70 bits per heavy atom. The molecule has 1 rings (SSSR count). The monoisotopic (exact) mass is 301 g/mol. The van der Waals surface area contributed by atoms with Crippen LogP contribution in [0.15, 0.2) is 18.2 Å². The van der Waals surface area contributed by atoms with Crippen molar-refractivity contribution in [2.24, 2.45) is 11.7 Å². The van der Waals surface area contributed by atoms with Gasteiger partial charge in [0.25, 0.3) is 0 Å². The molecule has 20 heavy (non-hydrogen) atoms. The van der Waals surface area contributed by atoms with E-state index in [2.05, 4.69) is 13.8 Å². The summed E-state index contributed by atoms with van der Waals surface area (Å²) in [6.45, 7) is 5.13. The first kappa shape index (κ1) is 17.4. The Morgan fingerprint density at radius 1 is 1.35 bits per heavy atom. The zero-order valence-corrected chi connectivity index (χ0v) is 13.1. The number of unbranched alkanes of at least 4 members (excludes halogenated alkanes) is 1. The Kier molecular flexibility index (Phi) is 8.12. The molecule has 2 atom stereocenters. The molecule has 0 fully saturated rings. The Labute approximate surface area is 126 Å². The average Bonchev–Trinajstić information content (AvgIpc) is 2.46. The molecule has 1 aromatic carbocycles. The van der Waals surface area contributed by atoms with Crippen LogP contribution in [0.1, 0.15) is 51.2 Å². The fourth-order valence-corrected chi connectivity index (χ4v) is 2.63. The van der Waals surface area contributed by atoms with Gasteiger partial charge in [0.05, 0.1) is 17.7 Å². The van der Waals surface area contributed by atoms with Crippen LogP contribution in [0.2, 0.25) is 5.02 Å². The van der Waals surface area contributed by atoms with Crippen molar-refractivity contribution in [3.63, 3.8) is 0 Å². The molecule has 0 aromatic heterocycles. The number of benzene rings is 1. The minimum absolute atomic E-state index is 0.147. The summed E-state index contributed by atoms with van der Waals surface area (Å²) >= 11 is 5.89. The minimum atomic E-state index is -0.369. The second-order valence-corrected chi connectivity index (χ2v) is 5.44. The van der Waals surface area contributed by atoms with E-state index in [0.717, 1.165) is 25.7 Å². The first-order valence-corrected chi connectivity index (χ1v) is 7.79. The Bertz CT molecular complexity index is 400. The molecule has 0 aliphatic rings. The Hall–Kier alpha value is -0.640. The van der Waals surface area contributed by atoms with Gasteiger partial charge in [-0.2, -0.15) is 0 Å². The van der Waals surface area contributed by atoms with Gasteiger partial charge >= 0.3 is 0 Å². The molecule has 0 aliphatic carbocycles. The molecule has 0 aliphatic heterocycles. The second-order valence-electron chi connectivity index (χ2n) is 5.03. The lowest BCUT2D eigenvalue weighted by atomic mass is 9.88. The number of rotatable bonds is 9. The molecular weight excluding hydrogens is 277 g/mol. The number of halogens is 2. The Balaban J connectivity index is 2.99. The van der Waals surface area contributed by atoms with Crippen molar-refractivity contribution in [3.05, 3.63) is 34.6 Å². The van der Waals surface area contributed by atoms with Crippen LogP contribution < -0.4 is 5.73 Å². The quantitative estimate of drug-likeness (QED) is 0.717. The van der Waals surface area contributed by atoms with E-state index in [1.807, 2.05) is 0 Å². The minimum Gasteiger partial charge on any atom is -0.372 e. The molecule has 2 nitrogen and oxygen atoms in total. The number of hydrogen-bond donors (Lipinski definition) is 1. The van der Waals surface area contributed by atoms with E-state index in [9.17, 15) is 4.39 Å². The topological polar surface area (TPSA) is 35.2 Å². The second kappa shape index (κ2) is 9.32. The maximum absolute atomic E-state index is 14.3. The standard InChI is InChI=1S/C16H25ClFNO/c1-3-5-7-12(4-2)16(20-11-10-19)13-8-6-9-14(17)15(13)18/h6,8-9,12,16H,3-5,7,10-11,19H2,1-2H3/t12-,16-/m0/s1. The number of nitrogens with two attached hydrogens (primary N) is 1. The van der Waals surface area contributed by atoms with Crippen LogP contribution in [0.5, 0.6) is 0 Å². The van der Waals surface area contributed by atoms with Gasteiger partial charge in [-0.15, -0.1) is 0 Å². The summed E-state index contributed by atoms with van der Waals surface area (Å²) in [5, 5.41) is 0.147. The highest BCUT2D eigenvalue weighted by Gasteiger charge is 2.25. The lowest BCUT2D eigenvalue weighted by Gasteiger charge is -2.27. The van der Waals surface area contributed by atoms with E-state index in [4.69, 9.17) is 22.1 Å². The smallest absolute Gasteiger partial charge is 0.147 e. The highest BCUT2D eigenvalue weighted by atomic mass is 35.5. The van der Waals surface area contributed by atoms with Gasteiger partial charge in [0.15, 0.2) is 0 Å². The molecule has 114 valence electrons. The molecule has 0 unspecified atom stereocenters. The van der Waals surface area contributed by atoms with E-state index in [-0.39, 0.29) is 22.9 Å². The summed E-state index contributed by atoms with van der Waals surface area (Å²) in [4.78, 5) is 0. The van der Waals surface area contributed by atoms with Gasteiger partial charge in [0.2, 0.25) is 0 Å². The van der Waals surface area contributed by atoms with Crippen LogP contribution in [0, 0.1) is 11.7 Å². The van der Waals surface area contributed by atoms with Gasteiger partial charge in [-0.05, 0) is 18.4 Å². The third-order valence-corrected chi connectivity index (χ3v) is 3.88.